The zero-order valence-corrected chi connectivity index (χ0v) is 14.5. The van der Waals surface area contributed by atoms with Crippen LogP contribution in [0, 0.1) is 0 Å². The summed E-state index contributed by atoms with van der Waals surface area (Å²) in [5, 5.41) is 0.879. The van der Waals surface area contributed by atoms with Crippen LogP contribution in [0.15, 0.2) is 48.5 Å². The summed E-state index contributed by atoms with van der Waals surface area (Å²) in [5.41, 5.74) is 4.44. The molecule has 0 aliphatic heterocycles. The Morgan fingerprint density at radius 3 is 2.05 bits per heavy atom. The molecule has 0 saturated heterocycles. The number of benzene rings is 2. The van der Waals surface area contributed by atoms with Crippen LogP contribution >= 0.6 is 15.9 Å². The Kier molecular flexibility index (Phi) is 4.49. The van der Waals surface area contributed by atoms with E-state index in [9.17, 15) is 4.79 Å². The first kappa shape index (κ1) is 15.5. The van der Waals surface area contributed by atoms with Gasteiger partial charge in [-0.15, -0.1) is 0 Å². The predicted octanol–water partition coefficient (Wildman–Crippen LogP) is 5.50. The number of hydrogen-bond acceptors (Lipinski definition) is 1. The van der Waals surface area contributed by atoms with Crippen LogP contribution in [-0.2, 0) is 10.2 Å². The van der Waals surface area contributed by atoms with Gasteiger partial charge in [-0.05, 0) is 35.1 Å². The van der Waals surface area contributed by atoms with E-state index >= 15 is 0 Å². The van der Waals surface area contributed by atoms with Crippen molar-refractivity contribution >= 4 is 21.7 Å². The van der Waals surface area contributed by atoms with Gasteiger partial charge in [-0.25, -0.2) is 0 Å². The third-order valence-corrected chi connectivity index (χ3v) is 5.26. The van der Waals surface area contributed by atoms with E-state index < -0.39 is 5.41 Å². The maximum atomic E-state index is 13.2. The SMILES string of the molecule is CCCC1(C(=O)CCCBr)c2ccccc2-c2ccccc21. The minimum atomic E-state index is -0.440. The molecule has 2 heteroatoms. The monoisotopic (exact) mass is 356 g/mol. The van der Waals surface area contributed by atoms with Crippen LogP contribution < -0.4 is 0 Å². The Labute approximate surface area is 140 Å². The van der Waals surface area contributed by atoms with E-state index in [0.717, 1.165) is 24.6 Å². The van der Waals surface area contributed by atoms with Crippen molar-refractivity contribution in [3.05, 3.63) is 59.7 Å². The summed E-state index contributed by atoms with van der Waals surface area (Å²) in [6.07, 6.45) is 3.42. The minimum Gasteiger partial charge on any atom is -0.298 e. The van der Waals surface area contributed by atoms with Crippen molar-refractivity contribution in [2.24, 2.45) is 0 Å². The number of hydrogen-bond donors (Lipinski definition) is 0. The van der Waals surface area contributed by atoms with Crippen molar-refractivity contribution in [1.82, 2.24) is 0 Å². The van der Waals surface area contributed by atoms with Gasteiger partial charge < -0.3 is 0 Å². The molecule has 1 aliphatic rings. The van der Waals surface area contributed by atoms with Gasteiger partial charge in [0.1, 0.15) is 5.78 Å². The molecule has 2 aromatic rings. The number of rotatable bonds is 6. The quantitative estimate of drug-likeness (QED) is 0.624. The Balaban J connectivity index is 2.22. The van der Waals surface area contributed by atoms with Crippen molar-refractivity contribution in [1.29, 1.82) is 0 Å². The first-order valence-electron chi connectivity index (χ1n) is 8.04. The van der Waals surface area contributed by atoms with Gasteiger partial charge in [0.25, 0.3) is 0 Å². The molecule has 0 unspecified atom stereocenters. The summed E-state index contributed by atoms with van der Waals surface area (Å²) in [7, 11) is 0. The maximum absolute atomic E-state index is 13.2. The van der Waals surface area contributed by atoms with Gasteiger partial charge in [-0.2, -0.15) is 0 Å². The summed E-state index contributed by atoms with van der Waals surface area (Å²) in [6.45, 7) is 2.17. The van der Waals surface area contributed by atoms with Gasteiger partial charge in [0.05, 0.1) is 5.41 Å². The standard InChI is InChI=1S/C20H21BrO/c1-2-13-20(19(22)12-7-14-21)17-10-5-3-8-15(17)16-9-4-6-11-18(16)20/h3-6,8-11H,2,7,12-14H2,1H3. The Morgan fingerprint density at radius 1 is 1.00 bits per heavy atom. The lowest BCUT2D eigenvalue weighted by atomic mass is 9.70. The Hall–Kier alpha value is -1.41. The average molecular weight is 357 g/mol. The maximum Gasteiger partial charge on any atom is 0.147 e. The third kappa shape index (κ3) is 2.25. The highest BCUT2D eigenvalue weighted by Crippen LogP contribution is 2.52. The van der Waals surface area contributed by atoms with E-state index in [2.05, 4.69) is 71.4 Å². The largest absolute Gasteiger partial charge is 0.298 e. The molecular weight excluding hydrogens is 336 g/mol. The molecule has 0 amide bonds. The van der Waals surface area contributed by atoms with Crippen LogP contribution in [-0.4, -0.2) is 11.1 Å². The highest BCUT2D eigenvalue weighted by atomic mass is 79.9. The first-order chi connectivity index (χ1) is 10.8. The molecule has 0 radical (unpaired) electrons. The summed E-state index contributed by atoms with van der Waals surface area (Å²) in [6, 6.07) is 16.9. The number of fused-ring (bicyclic) bond motifs is 3. The molecule has 3 rings (SSSR count). The number of ketones is 1. The average Bonchev–Trinajstić information content (AvgIpc) is 2.85. The number of carbonyl (C=O) groups excluding carboxylic acids is 1. The lowest BCUT2D eigenvalue weighted by Crippen LogP contribution is -2.35. The summed E-state index contributed by atoms with van der Waals surface area (Å²) < 4.78 is 0. The van der Waals surface area contributed by atoms with Crippen molar-refractivity contribution in [3.8, 4) is 11.1 Å². The molecular formula is C20H21BrO. The van der Waals surface area contributed by atoms with Crippen LogP contribution in [0.5, 0.6) is 0 Å². The van der Waals surface area contributed by atoms with Crippen molar-refractivity contribution < 1.29 is 4.79 Å². The van der Waals surface area contributed by atoms with E-state index in [4.69, 9.17) is 0 Å². The molecule has 0 spiro atoms. The van der Waals surface area contributed by atoms with E-state index in [1.54, 1.807) is 0 Å². The molecule has 0 aromatic heterocycles. The molecule has 0 N–H and O–H groups in total. The lowest BCUT2D eigenvalue weighted by molar-refractivity contribution is -0.123. The zero-order chi connectivity index (χ0) is 15.6. The van der Waals surface area contributed by atoms with E-state index in [-0.39, 0.29) is 0 Å². The molecule has 0 heterocycles. The molecule has 1 nitrogen and oxygen atoms in total. The number of Topliss-reactive ketones (excluding diaryl/α,β-unsaturated/α-hetero) is 1. The second-order valence-electron chi connectivity index (χ2n) is 5.96. The van der Waals surface area contributed by atoms with Crippen molar-refractivity contribution in [2.75, 3.05) is 5.33 Å². The third-order valence-electron chi connectivity index (χ3n) is 4.70. The molecule has 0 fully saturated rings. The predicted molar refractivity (Wildman–Crippen MR) is 95.6 cm³/mol. The lowest BCUT2D eigenvalue weighted by Gasteiger charge is -2.30. The minimum absolute atomic E-state index is 0.367. The number of carbonyl (C=O) groups is 1. The molecule has 0 bridgehead atoms. The first-order valence-corrected chi connectivity index (χ1v) is 9.16. The van der Waals surface area contributed by atoms with Gasteiger partial charge in [0.15, 0.2) is 0 Å². The number of alkyl halides is 1. The van der Waals surface area contributed by atoms with Crippen LogP contribution in [0.2, 0.25) is 0 Å². The Bertz CT molecular complexity index is 644. The second kappa shape index (κ2) is 6.37. The molecule has 0 atom stereocenters. The van der Waals surface area contributed by atoms with Crippen LogP contribution in [0.1, 0.15) is 43.7 Å². The van der Waals surface area contributed by atoms with Gasteiger partial charge >= 0.3 is 0 Å². The highest BCUT2D eigenvalue weighted by Gasteiger charge is 2.47. The van der Waals surface area contributed by atoms with Gasteiger partial charge in [-0.3, -0.25) is 4.79 Å². The van der Waals surface area contributed by atoms with Gasteiger partial charge in [0.2, 0.25) is 0 Å². The van der Waals surface area contributed by atoms with E-state index in [1.165, 1.54) is 22.3 Å². The fourth-order valence-corrected chi connectivity index (χ4v) is 4.13. The molecule has 22 heavy (non-hydrogen) atoms. The van der Waals surface area contributed by atoms with Gasteiger partial charge in [0, 0.05) is 11.8 Å². The van der Waals surface area contributed by atoms with Gasteiger partial charge in [-0.1, -0.05) is 77.8 Å². The van der Waals surface area contributed by atoms with Crippen molar-refractivity contribution in [3.63, 3.8) is 0 Å². The fraction of sp³-hybridized carbons (Fsp3) is 0.350. The van der Waals surface area contributed by atoms with Crippen LogP contribution in [0.25, 0.3) is 11.1 Å². The molecule has 0 saturated carbocycles. The highest BCUT2D eigenvalue weighted by molar-refractivity contribution is 9.09. The summed E-state index contributed by atoms with van der Waals surface area (Å²) in [5.74, 6) is 0.367. The second-order valence-corrected chi connectivity index (χ2v) is 6.76. The van der Waals surface area contributed by atoms with Crippen LogP contribution in [0.4, 0.5) is 0 Å². The molecule has 1 aliphatic carbocycles. The Morgan fingerprint density at radius 2 is 1.55 bits per heavy atom. The number of halogens is 1. The van der Waals surface area contributed by atoms with Crippen LogP contribution in [0.3, 0.4) is 0 Å². The fourth-order valence-electron chi connectivity index (χ4n) is 3.85. The molecule has 2 aromatic carbocycles. The summed E-state index contributed by atoms with van der Waals surface area (Å²) >= 11 is 3.45. The topological polar surface area (TPSA) is 17.1 Å². The van der Waals surface area contributed by atoms with Crippen molar-refractivity contribution in [2.45, 2.75) is 38.0 Å². The zero-order valence-electron chi connectivity index (χ0n) is 12.9. The normalized spacial score (nSPS) is 14.5. The smallest absolute Gasteiger partial charge is 0.147 e. The molecule has 114 valence electrons. The van der Waals surface area contributed by atoms with E-state index in [1.807, 2.05) is 0 Å². The summed E-state index contributed by atoms with van der Waals surface area (Å²) in [4.78, 5) is 13.2. The van der Waals surface area contributed by atoms with E-state index in [0.29, 0.717) is 12.2 Å².